The molecular formula is C16H16N8OS. The zero-order valence-corrected chi connectivity index (χ0v) is 14.8. The van der Waals surface area contributed by atoms with E-state index in [2.05, 4.69) is 35.5 Å². The van der Waals surface area contributed by atoms with Gasteiger partial charge in [-0.1, -0.05) is 11.3 Å². The number of hydrogen-bond donors (Lipinski definition) is 1. The van der Waals surface area contributed by atoms with Crippen molar-refractivity contribution in [1.82, 2.24) is 35.0 Å². The molecule has 132 valence electrons. The Balaban J connectivity index is 1.61. The highest BCUT2D eigenvalue weighted by Gasteiger charge is 2.32. The number of carbonyl (C=O) groups is 1. The van der Waals surface area contributed by atoms with Gasteiger partial charge in [0.2, 0.25) is 5.13 Å². The first-order chi connectivity index (χ1) is 12.7. The molecule has 1 atom stereocenters. The number of carbonyl (C=O) groups excluding carboxylic acids is 1. The molecule has 1 aliphatic rings. The Hall–Kier alpha value is -3.01. The fourth-order valence-corrected chi connectivity index (χ4v) is 3.49. The molecule has 1 aliphatic heterocycles. The summed E-state index contributed by atoms with van der Waals surface area (Å²) < 4.78 is 0. The molecule has 0 radical (unpaired) electrons. The zero-order chi connectivity index (χ0) is 17.9. The lowest BCUT2D eigenvalue weighted by Crippen LogP contribution is -2.31. The Bertz CT molecular complexity index is 902. The van der Waals surface area contributed by atoms with Crippen LogP contribution in [0, 0.1) is 6.92 Å². The Labute approximate surface area is 153 Å². The summed E-state index contributed by atoms with van der Waals surface area (Å²) in [6.07, 6.45) is 6.33. The topological polar surface area (TPSA) is 110 Å². The first-order valence-corrected chi connectivity index (χ1v) is 9.04. The van der Waals surface area contributed by atoms with E-state index in [-0.39, 0.29) is 11.9 Å². The number of nitrogens with zero attached hydrogens (tertiary/aromatic N) is 7. The monoisotopic (exact) mass is 368 g/mol. The van der Waals surface area contributed by atoms with E-state index < -0.39 is 0 Å². The summed E-state index contributed by atoms with van der Waals surface area (Å²) in [7, 11) is 0. The number of rotatable bonds is 4. The van der Waals surface area contributed by atoms with Crippen LogP contribution in [-0.2, 0) is 0 Å². The van der Waals surface area contributed by atoms with Gasteiger partial charge in [-0.2, -0.15) is 0 Å². The predicted octanol–water partition coefficient (Wildman–Crippen LogP) is 2.15. The van der Waals surface area contributed by atoms with Gasteiger partial charge in [0.1, 0.15) is 22.8 Å². The molecule has 0 aliphatic carbocycles. The van der Waals surface area contributed by atoms with Crippen molar-refractivity contribution in [3.05, 3.63) is 47.4 Å². The fourth-order valence-electron chi connectivity index (χ4n) is 3.04. The number of hydrogen-bond acceptors (Lipinski definition) is 9. The zero-order valence-electron chi connectivity index (χ0n) is 14.0. The van der Waals surface area contributed by atoms with Gasteiger partial charge in [-0.05, 0) is 19.8 Å². The number of nitrogens with one attached hydrogen (secondary N) is 1. The average Bonchev–Trinajstić information content (AvgIpc) is 3.33. The van der Waals surface area contributed by atoms with Crippen LogP contribution in [0.1, 0.15) is 40.9 Å². The van der Waals surface area contributed by atoms with Crippen LogP contribution in [-0.4, -0.2) is 47.5 Å². The lowest BCUT2D eigenvalue weighted by Gasteiger charge is -2.24. The molecule has 0 bridgehead atoms. The standard InChI is InChI=1S/C16H16N8OS/c1-10-20-11(7-14(21-10)22-16-23-19-9-26-16)13-3-2-6-24(13)15(25)12-8-17-4-5-18-12/h4-5,7-9,13H,2-3,6H2,1H3,(H,20,21,22,23)/t13-/m0/s1. The number of anilines is 2. The lowest BCUT2D eigenvalue weighted by atomic mass is 10.1. The van der Waals surface area contributed by atoms with E-state index in [9.17, 15) is 4.79 Å². The molecule has 3 aromatic heterocycles. The van der Waals surface area contributed by atoms with Crippen LogP contribution in [0.5, 0.6) is 0 Å². The van der Waals surface area contributed by atoms with E-state index in [1.165, 1.54) is 23.7 Å². The average molecular weight is 368 g/mol. The van der Waals surface area contributed by atoms with Crippen LogP contribution in [0.15, 0.2) is 30.2 Å². The van der Waals surface area contributed by atoms with Crippen molar-refractivity contribution >= 4 is 28.2 Å². The van der Waals surface area contributed by atoms with Crippen molar-refractivity contribution in [3.63, 3.8) is 0 Å². The molecule has 0 unspecified atom stereocenters. The minimum atomic E-state index is -0.129. The van der Waals surface area contributed by atoms with Crippen LogP contribution in [0.4, 0.5) is 10.9 Å². The second-order valence-corrected chi connectivity index (χ2v) is 6.67. The molecule has 0 aromatic carbocycles. The number of aromatic nitrogens is 6. The van der Waals surface area contributed by atoms with Crippen molar-refractivity contribution in [3.8, 4) is 0 Å². The predicted molar refractivity (Wildman–Crippen MR) is 95.0 cm³/mol. The van der Waals surface area contributed by atoms with Gasteiger partial charge in [-0.3, -0.25) is 9.78 Å². The van der Waals surface area contributed by atoms with E-state index in [0.29, 0.717) is 29.0 Å². The molecule has 1 saturated heterocycles. The summed E-state index contributed by atoms with van der Waals surface area (Å²) in [6, 6.07) is 1.75. The van der Waals surface area contributed by atoms with Gasteiger partial charge in [-0.15, -0.1) is 10.2 Å². The highest BCUT2D eigenvalue weighted by molar-refractivity contribution is 7.13. The van der Waals surface area contributed by atoms with Gasteiger partial charge < -0.3 is 10.2 Å². The number of likely N-dealkylation sites (tertiary alicyclic amines) is 1. The summed E-state index contributed by atoms with van der Waals surface area (Å²) in [6.45, 7) is 2.50. The smallest absolute Gasteiger partial charge is 0.274 e. The van der Waals surface area contributed by atoms with Crippen molar-refractivity contribution in [2.45, 2.75) is 25.8 Å². The molecule has 3 aromatic rings. The largest absolute Gasteiger partial charge is 0.329 e. The third-order valence-corrected chi connectivity index (χ3v) is 4.70. The minimum absolute atomic E-state index is 0.110. The van der Waals surface area contributed by atoms with Gasteiger partial charge >= 0.3 is 0 Å². The van der Waals surface area contributed by atoms with Crippen molar-refractivity contribution in [2.24, 2.45) is 0 Å². The summed E-state index contributed by atoms with van der Waals surface area (Å²) in [4.78, 5) is 31.7. The second kappa shape index (κ2) is 7.08. The van der Waals surface area contributed by atoms with Gasteiger partial charge in [0, 0.05) is 25.0 Å². The SMILES string of the molecule is Cc1nc(Nc2nncs2)cc([C@@H]2CCCN2C(=O)c2cnccn2)n1. The van der Waals surface area contributed by atoms with Crippen LogP contribution in [0.25, 0.3) is 0 Å². The Morgan fingerprint density at radius 1 is 1.35 bits per heavy atom. The summed E-state index contributed by atoms with van der Waals surface area (Å²) >= 11 is 1.39. The van der Waals surface area contributed by atoms with Gasteiger partial charge in [0.05, 0.1) is 17.9 Å². The third-order valence-electron chi connectivity index (χ3n) is 4.09. The molecule has 9 nitrogen and oxygen atoms in total. The second-order valence-electron chi connectivity index (χ2n) is 5.84. The Morgan fingerprint density at radius 2 is 2.27 bits per heavy atom. The Morgan fingerprint density at radius 3 is 3.04 bits per heavy atom. The quantitative estimate of drug-likeness (QED) is 0.746. The van der Waals surface area contributed by atoms with E-state index in [4.69, 9.17) is 0 Å². The summed E-state index contributed by atoms with van der Waals surface area (Å²) in [5.74, 6) is 1.15. The van der Waals surface area contributed by atoms with E-state index in [1.807, 2.05) is 13.0 Å². The molecule has 26 heavy (non-hydrogen) atoms. The van der Waals surface area contributed by atoms with E-state index >= 15 is 0 Å². The molecule has 1 amide bonds. The van der Waals surface area contributed by atoms with E-state index in [0.717, 1.165) is 18.5 Å². The van der Waals surface area contributed by atoms with Gasteiger partial charge in [0.15, 0.2) is 0 Å². The Kier molecular flexibility index (Phi) is 4.48. The summed E-state index contributed by atoms with van der Waals surface area (Å²) in [5, 5.41) is 11.6. The van der Waals surface area contributed by atoms with E-state index in [1.54, 1.807) is 16.6 Å². The third kappa shape index (κ3) is 3.36. The molecule has 0 spiro atoms. The maximum Gasteiger partial charge on any atom is 0.274 e. The van der Waals surface area contributed by atoms with Crippen LogP contribution < -0.4 is 5.32 Å². The first kappa shape index (κ1) is 16.5. The number of amides is 1. The minimum Gasteiger partial charge on any atom is -0.329 e. The summed E-state index contributed by atoms with van der Waals surface area (Å²) in [5.41, 5.74) is 2.80. The normalized spacial score (nSPS) is 16.7. The fraction of sp³-hybridized carbons (Fsp3) is 0.312. The maximum absolute atomic E-state index is 12.8. The molecule has 10 heteroatoms. The van der Waals surface area contributed by atoms with Crippen LogP contribution >= 0.6 is 11.3 Å². The highest BCUT2D eigenvalue weighted by atomic mass is 32.1. The lowest BCUT2D eigenvalue weighted by molar-refractivity contribution is 0.0726. The van der Waals surface area contributed by atoms with Crippen molar-refractivity contribution in [2.75, 3.05) is 11.9 Å². The number of aryl methyl sites for hydroxylation is 1. The van der Waals surface area contributed by atoms with Crippen LogP contribution in [0.3, 0.4) is 0 Å². The van der Waals surface area contributed by atoms with Crippen LogP contribution in [0.2, 0.25) is 0 Å². The van der Waals surface area contributed by atoms with Crippen molar-refractivity contribution in [1.29, 1.82) is 0 Å². The van der Waals surface area contributed by atoms with Gasteiger partial charge in [0.25, 0.3) is 5.91 Å². The first-order valence-electron chi connectivity index (χ1n) is 8.16. The molecule has 0 saturated carbocycles. The highest BCUT2D eigenvalue weighted by Crippen LogP contribution is 2.33. The maximum atomic E-state index is 12.8. The van der Waals surface area contributed by atoms with Gasteiger partial charge in [-0.25, -0.2) is 15.0 Å². The molecule has 1 fully saturated rings. The molecule has 4 heterocycles. The molecular weight excluding hydrogens is 352 g/mol. The molecule has 4 rings (SSSR count). The molecule has 1 N–H and O–H groups in total. The van der Waals surface area contributed by atoms with Crippen molar-refractivity contribution < 1.29 is 4.79 Å².